The quantitative estimate of drug-likeness (QED) is 0.849. The third-order valence-electron chi connectivity index (χ3n) is 4.18. The molecule has 1 amide bonds. The number of hydrogen-bond acceptors (Lipinski definition) is 3. The molecule has 2 rings (SSSR count). The lowest BCUT2D eigenvalue weighted by molar-refractivity contribution is -0.136. The molecular formula is C15H19BF3NO3. The molecule has 126 valence electrons. The Labute approximate surface area is 133 Å². The van der Waals surface area contributed by atoms with E-state index < -0.39 is 30.1 Å². The molecule has 1 saturated heterocycles. The van der Waals surface area contributed by atoms with E-state index in [1.807, 2.05) is 0 Å². The van der Waals surface area contributed by atoms with Gasteiger partial charge in [0.05, 0.1) is 16.8 Å². The summed E-state index contributed by atoms with van der Waals surface area (Å²) in [7, 11) is -1.16. The van der Waals surface area contributed by atoms with E-state index in [1.165, 1.54) is 19.1 Å². The molecule has 0 bridgehead atoms. The highest BCUT2D eigenvalue weighted by Gasteiger charge is 2.53. The predicted octanol–water partition coefficient (Wildman–Crippen LogP) is 2.96. The number of alkyl halides is 3. The fourth-order valence-corrected chi connectivity index (χ4v) is 2.27. The maximum Gasteiger partial charge on any atom is 0.495 e. The van der Waals surface area contributed by atoms with Crippen LogP contribution >= 0.6 is 0 Å². The Morgan fingerprint density at radius 1 is 1.13 bits per heavy atom. The number of halogens is 3. The molecule has 8 heteroatoms. The third kappa shape index (κ3) is 3.53. The maximum absolute atomic E-state index is 13.3. The van der Waals surface area contributed by atoms with E-state index in [9.17, 15) is 18.0 Å². The van der Waals surface area contributed by atoms with Crippen LogP contribution in [0, 0.1) is 0 Å². The summed E-state index contributed by atoms with van der Waals surface area (Å²) < 4.78 is 51.3. The van der Waals surface area contributed by atoms with Crippen molar-refractivity contribution in [2.24, 2.45) is 0 Å². The number of carbonyl (C=O) groups excluding carboxylic acids is 1. The first-order valence-electron chi connectivity index (χ1n) is 7.18. The first kappa shape index (κ1) is 17.8. The van der Waals surface area contributed by atoms with Gasteiger partial charge >= 0.3 is 13.3 Å². The lowest BCUT2D eigenvalue weighted by Gasteiger charge is -2.32. The number of benzene rings is 1. The topological polar surface area (TPSA) is 47.6 Å². The van der Waals surface area contributed by atoms with Crippen LogP contribution in [0.25, 0.3) is 0 Å². The maximum atomic E-state index is 13.3. The lowest BCUT2D eigenvalue weighted by atomic mass is 9.75. The highest BCUT2D eigenvalue weighted by Crippen LogP contribution is 2.38. The van der Waals surface area contributed by atoms with Gasteiger partial charge in [0.15, 0.2) is 0 Å². The van der Waals surface area contributed by atoms with Crippen LogP contribution < -0.4 is 10.8 Å². The summed E-state index contributed by atoms with van der Waals surface area (Å²) in [4.78, 5) is 11.1. The predicted molar refractivity (Wildman–Crippen MR) is 81.5 cm³/mol. The van der Waals surface area contributed by atoms with Gasteiger partial charge in [-0.1, -0.05) is 0 Å². The molecule has 23 heavy (non-hydrogen) atoms. The average Bonchev–Trinajstić information content (AvgIpc) is 2.56. The van der Waals surface area contributed by atoms with Gasteiger partial charge in [0, 0.05) is 12.6 Å². The van der Waals surface area contributed by atoms with Gasteiger partial charge in [-0.3, -0.25) is 4.79 Å². The average molecular weight is 329 g/mol. The van der Waals surface area contributed by atoms with Crippen LogP contribution in [-0.2, 0) is 20.3 Å². The van der Waals surface area contributed by atoms with Gasteiger partial charge < -0.3 is 14.6 Å². The standard InChI is InChI=1S/C15H19BF3NO3/c1-9(21)20-10-6-7-11(15(17,18)19)12(8-10)16-22-13(2,3)14(4,5)23-16/h6-8H,1-5H3,(H,20,21). The summed E-state index contributed by atoms with van der Waals surface area (Å²) in [6.45, 7) is 8.33. The van der Waals surface area contributed by atoms with Crippen molar-refractivity contribution >= 4 is 24.2 Å². The molecule has 0 atom stereocenters. The molecule has 0 aliphatic carbocycles. The zero-order chi connectivity index (χ0) is 17.6. The van der Waals surface area contributed by atoms with E-state index in [0.717, 1.165) is 6.07 Å². The smallest absolute Gasteiger partial charge is 0.399 e. The number of anilines is 1. The molecule has 1 fully saturated rings. The Morgan fingerprint density at radius 2 is 1.65 bits per heavy atom. The Balaban J connectivity index is 2.48. The first-order chi connectivity index (χ1) is 10.3. The van der Waals surface area contributed by atoms with Gasteiger partial charge in [0.1, 0.15) is 0 Å². The van der Waals surface area contributed by atoms with Crippen molar-refractivity contribution in [2.45, 2.75) is 52.0 Å². The minimum atomic E-state index is -4.55. The number of rotatable bonds is 2. The van der Waals surface area contributed by atoms with Crippen molar-refractivity contribution in [3.63, 3.8) is 0 Å². The van der Waals surface area contributed by atoms with Crippen LogP contribution in [0.2, 0.25) is 0 Å². The summed E-state index contributed by atoms with van der Waals surface area (Å²) in [5.74, 6) is -0.371. The number of amides is 1. The van der Waals surface area contributed by atoms with Crippen LogP contribution in [0.15, 0.2) is 18.2 Å². The molecule has 0 aromatic heterocycles. The highest BCUT2D eigenvalue weighted by atomic mass is 19.4. The van der Waals surface area contributed by atoms with Crippen molar-refractivity contribution in [3.05, 3.63) is 23.8 Å². The van der Waals surface area contributed by atoms with Crippen LogP contribution in [-0.4, -0.2) is 24.2 Å². The Hall–Kier alpha value is -1.54. The molecular weight excluding hydrogens is 310 g/mol. The van der Waals surface area contributed by atoms with E-state index in [-0.39, 0.29) is 17.1 Å². The summed E-state index contributed by atoms with van der Waals surface area (Å²) in [5.41, 5.74) is -2.25. The molecule has 1 aromatic carbocycles. The fraction of sp³-hybridized carbons (Fsp3) is 0.533. The molecule has 1 aliphatic heterocycles. The molecule has 0 spiro atoms. The van der Waals surface area contributed by atoms with Gasteiger partial charge in [0.2, 0.25) is 5.91 Å². The summed E-state index contributed by atoms with van der Waals surface area (Å²) in [6.07, 6.45) is -4.55. The van der Waals surface area contributed by atoms with Crippen molar-refractivity contribution in [1.29, 1.82) is 0 Å². The van der Waals surface area contributed by atoms with Gasteiger partial charge in [-0.2, -0.15) is 13.2 Å². The largest absolute Gasteiger partial charge is 0.495 e. The Kier molecular flexibility index (Phi) is 4.28. The highest BCUT2D eigenvalue weighted by molar-refractivity contribution is 6.62. The van der Waals surface area contributed by atoms with Crippen LogP contribution in [0.1, 0.15) is 40.2 Å². The second-order valence-electron chi connectivity index (χ2n) is 6.57. The monoisotopic (exact) mass is 329 g/mol. The zero-order valence-corrected chi connectivity index (χ0v) is 13.7. The van der Waals surface area contributed by atoms with E-state index in [2.05, 4.69) is 5.32 Å². The molecule has 1 aromatic rings. The van der Waals surface area contributed by atoms with Gasteiger partial charge in [-0.05, 0) is 51.4 Å². The minimum Gasteiger partial charge on any atom is -0.399 e. The van der Waals surface area contributed by atoms with E-state index in [0.29, 0.717) is 0 Å². The molecule has 1 heterocycles. The molecule has 1 aliphatic rings. The van der Waals surface area contributed by atoms with Gasteiger partial charge in [-0.25, -0.2) is 0 Å². The Morgan fingerprint density at radius 3 is 2.09 bits per heavy atom. The van der Waals surface area contributed by atoms with Crippen molar-refractivity contribution in [1.82, 2.24) is 0 Å². The minimum absolute atomic E-state index is 0.151. The molecule has 0 saturated carbocycles. The van der Waals surface area contributed by atoms with Crippen molar-refractivity contribution < 1.29 is 27.3 Å². The summed E-state index contributed by atoms with van der Waals surface area (Å²) in [6, 6.07) is 3.37. The van der Waals surface area contributed by atoms with Crippen LogP contribution in [0.4, 0.5) is 18.9 Å². The molecule has 1 N–H and O–H groups in total. The molecule has 0 radical (unpaired) electrons. The second kappa shape index (κ2) is 5.52. The second-order valence-corrected chi connectivity index (χ2v) is 6.57. The number of hydrogen-bond donors (Lipinski definition) is 1. The van der Waals surface area contributed by atoms with Crippen molar-refractivity contribution in [2.75, 3.05) is 5.32 Å². The number of carbonyl (C=O) groups is 1. The van der Waals surface area contributed by atoms with Crippen LogP contribution in [0.3, 0.4) is 0 Å². The van der Waals surface area contributed by atoms with Crippen molar-refractivity contribution in [3.8, 4) is 0 Å². The lowest BCUT2D eigenvalue weighted by Crippen LogP contribution is -2.41. The summed E-state index contributed by atoms with van der Waals surface area (Å²) >= 11 is 0. The summed E-state index contributed by atoms with van der Waals surface area (Å²) in [5, 5.41) is 2.47. The van der Waals surface area contributed by atoms with E-state index >= 15 is 0 Å². The van der Waals surface area contributed by atoms with Crippen LogP contribution in [0.5, 0.6) is 0 Å². The number of nitrogens with one attached hydrogen (secondary N) is 1. The van der Waals surface area contributed by atoms with E-state index in [1.54, 1.807) is 27.7 Å². The SMILES string of the molecule is CC(=O)Nc1ccc(C(F)(F)F)c(B2OC(C)(C)C(C)(C)O2)c1. The zero-order valence-electron chi connectivity index (χ0n) is 13.7. The van der Waals surface area contributed by atoms with E-state index in [4.69, 9.17) is 9.31 Å². The third-order valence-corrected chi connectivity index (χ3v) is 4.18. The molecule has 4 nitrogen and oxygen atoms in total. The Bertz CT molecular complexity index is 613. The normalized spacial score (nSPS) is 19.7. The van der Waals surface area contributed by atoms with Gasteiger partial charge in [0.25, 0.3) is 0 Å². The van der Waals surface area contributed by atoms with Gasteiger partial charge in [-0.15, -0.1) is 0 Å². The molecule has 0 unspecified atom stereocenters. The first-order valence-corrected chi connectivity index (χ1v) is 7.18. The fourth-order valence-electron chi connectivity index (χ4n) is 2.27.